The highest BCUT2D eigenvalue weighted by Crippen LogP contribution is 2.31. The summed E-state index contributed by atoms with van der Waals surface area (Å²) in [6, 6.07) is 26.9. The van der Waals surface area contributed by atoms with Crippen molar-refractivity contribution in [1.29, 1.82) is 0 Å². The van der Waals surface area contributed by atoms with E-state index in [9.17, 15) is 14.4 Å². The third-order valence-electron chi connectivity index (χ3n) is 5.51. The summed E-state index contributed by atoms with van der Waals surface area (Å²) in [6.07, 6.45) is 0. The van der Waals surface area contributed by atoms with Gasteiger partial charge in [0.2, 0.25) is 0 Å². The molecule has 4 aromatic carbocycles. The fourth-order valence-corrected chi connectivity index (χ4v) is 4.23. The van der Waals surface area contributed by atoms with Crippen LogP contribution in [0.2, 0.25) is 5.02 Å². The van der Waals surface area contributed by atoms with Gasteiger partial charge in [-0.2, -0.15) is 0 Å². The molecule has 5 heteroatoms. The molecule has 1 aliphatic rings. The lowest BCUT2D eigenvalue weighted by molar-refractivity contribution is 0.0979. The summed E-state index contributed by atoms with van der Waals surface area (Å²) < 4.78 is 0. The Kier molecular flexibility index (Phi) is 4.92. The van der Waals surface area contributed by atoms with Crippen molar-refractivity contribution in [3.8, 4) is 0 Å². The maximum Gasteiger partial charge on any atom is 0.197 e. The van der Waals surface area contributed by atoms with E-state index in [1.165, 1.54) is 0 Å². The third-order valence-corrected chi connectivity index (χ3v) is 5.83. The number of aromatic amines is 1. The molecule has 5 aromatic rings. The minimum Gasteiger partial charge on any atom is -0.354 e. The zero-order valence-corrected chi connectivity index (χ0v) is 17.5. The molecule has 0 aliphatic heterocycles. The summed E-state index contributed by atoms with van der Waals surface area (Å²) >= 11 is 6.00. The van der Waals surface area contributed by atoms with E-state index < -0.39 is 0 Å². The molecule has 0 bridgehead atoms. The van der Waals surface area contributed by atoms with Crippen molar-refractivity contribution in [3.63, 3.8) is 0 Å². The van der Waals surface area contributed by atoms with Crippen molar-refractivity contribution >= 4 is 45.0 Å². The Morgan fingerprint density at radius 1 is 0.531 bits per heavy atom. The topological polar surface area (TPSA) is 67.0 Å². The first kappa shape index (κ1) is 19.9. The molecule has 0 fully saturated rings. The number of para-hydroxylation sites is 2. The van der Waals surface area contributed by atoms with Gasteiger partial charge in [0, 0.05) is 38.5 Å². The minimum atomic E-state index is -0.180. The lowest BCUT2D eigenvalue weighted by Crippen LogP contribution is -2.21. The van der Waals surface area contributed by atoms with Gasteiger partial charge in [-0.05, 0) is 30.3 Å². The Bertz CT molecular complexity index is 1540. The molecule has 1 heterocycles. The number of hydrogen-bond acceptors (Lipinski definition) is 3. The molecular formula is C27H16ClNO3. The van der Waals surface area contributed by atoms with Gasteiger partial charge in [-0.25, -0.2) is 0 Å². The van der Waals surface area contributed by atoms with E-state index in [1.807, 2.05) is 48.5 Å². The molecule has 0 spiro atoms. The van der Waals surface area contributed by atoms with Crippen LogP contribution in [-0.2, 0) is 0 Å². The van der Waals surface area contributed by atoms with E-state index in [0.717, 1.165) is 21.8 Å². The zero-order valence-electron chi connectivity index (χ0n) is 16.8. The Balaban J connectivity index is 0.000000136. The quantitative estimate of drug-likeness (QED) is 0.305. The van der Waals surface area contributed by atoms with Crippen LogP contribution >= 0.6 is 11.6 Å². The molecule has 6 rings (SSSR count). The number of benzene rings is 4. The minimum absolute atomic E-state index is 0.0972. The summed E-state index contributed by atoms with van der Waals surface area (Å²) in [5.74, 6) is -0.321. The van der Waals surface area contributed by atoms with Crippen LogP contribution in [0, 0.1) is 0 Å². The van der Waals surface area contributed by atoms with E-state index >= 15 is 0 Å². The Hall–Kier alpha value is -4.02. The molecule has 4 nitrogen and oxygen atoms in total. The molecule has 0 saturated heterocycles. The smallest absolute Gasteiger partial charge is 0.197 e. The molecule has 154 valence electrons. The van der Waals surface area contributed by atoms with Gasteiger partial charge < -0.3 is 4.98 Å². The summed E-state index contributed by atoms with van der Waals surface area (Å²) in [6.45, 7) is 0. The maximum atomic E-state index is 12.2. The van der Waals surface area contributed by atoms with Crippen LogP contribution in [0.4, 0.5) is 0 Å². The highest BCUT2D eigenvalue weighted by Gasteiger charge is 2.30. The number of carbonyl (C=O) groups excluding carboxylic acids is 2. The molecule has 32 heavy (non-hydrogen) atoms. The second kappa shape index (κ2) is 7.91. The molecule has 0 saturated carbocycles. The largest absolute Gasteiger partial charge is 0.354 e. The summed E-state index contributed by atoms with van der Waals surface area (Å²) in [5.41, 5.74) is 3.46. The molecular weight excluding hydrogens is 422 g/mol. The molecule has 0 unspecified atom stereocenters. The number of rotatable bonds is 0. The van der Waals surface area contributed by atoms with Crippen LogP contribution < -0.4 is 5.43 Å². The standard InChI is InChI=1S/C14H7ClO2.C13H9NO/c15-11-7-3-6-10-12(11)14(17)9-5-2-1-4-8(9)13(10)16;15-13-9-5-1-3-7-11(9)14-12-8-4-2-6-10(12)13/h1-7H;1-8H,(H,14,15). The predicted molar refractivity (Wildman–Crippen MR) is 127 cm³/mol. The number of hydrogen-bond donors (Lipinski definition) is 1. The number of carbonyl (C=O) groups is 2. The maximum absolute atomic E-state index is 12.2. The lowest BCUT2D eigenvalue weighted by atomic mass is 9.84. The van der Waals surface area contributed by atoms with E-state index in [-0.39, 0.29) is 17.0 Å². The SMILES string of the molecule is O=C1c2ccccc2C(=O)c2c(Cl)cccc21.O=c1c2ccccc2[nH]c2ccccc12. The fraction of sp³-hybridized carbons (Fsp3) is 0. The first-order chi connectivity index (χ1) is 15.6. The molecule has 0 radical (unpaired) electrons. The predicted octanol–water partition coefficient (Wildman–Crippen LogP) is 5.80. The highest BCUT2D eigenvalue weighted by atomic mass is 35.5. The van der Waals surface area contributed by atoms with Crippen molar-refractivity contribution in [2.24, 2.45) is 0 Å². The van der Waals surface area contributed by atoms with Gasteiger partial charge in [0.25, 0.3) is 0 Å². The summed E-state index contributed by atoms with van der Waals surface area (Å²) in [5, 5.41) is 1.82. The van der Waals surface area contributed by atoms with Crippen LogP contribution in [0.5, 0.6) is 0 Å². The number of aromatic nitrogens is 1. The van der Waals surface area contributed by atoms with E-state index in [0.29, 0.717) is 27.3 Å². The molecule has 0 amide bonds. The van der Waals surface area contributed by atoms with Gasteiger partial charge in [0.05, 0.1) is 10.6 Å². The average Bonchev–Trinajstić information content (AvgIpc) is 2.83. The summed E-state index contributed by atoms with van der Waals surface area (Å²) in [4.78, 5) is 39.8. The van der Waals surface area contributed by atoms with Crippen LogP contribution in [0.15, 0.2) is 95.8 Å². The van der Waals surface area contributed by atoms with Gasteiger partial charge in [-0.15, -0.1) is 0 Å². The van der Waals surface area contributed by atoms with Crippen molar-refractivity contribution < 1.29 is 9.59 Å². The van der Waals surface area contributed by atoms with Crippen molar-refractivity contribution in [1.82, 2.24) is 4.98 Å². The molecule has 1 aliphatic carbocycles. The van der Waals surface area contributed by atoms with Gasteiger partial charge in [0.15, 0.2) is 17.0 Å². The molecule has 0 atom stereocenters. The second-order valence-electron chi connectivity index (χ2n) is 7.41. The van der Waals surface area contributed by atoms with Crippen molar-refractivity contribution in [2.75, 3.05) is 0 Å². The average molecular weight is 438 g/mol. The van der Waals surface area contributed by atoms with Crippen LogP contribution in [-0.4, -0.2) is 16.6 Å². The normalized spacial score (nSPS) is 12.2. The number of halogens is 1. The number of pyridine rings is 1. The summed E-state index contributed by atoms with van der Waals surface area (Å²) in [7, 11) is 0. The van der Waals surface area contributed by atoms with Crippen LogP contribution in [0.1, 0.15) is 31.8 Å². The number of fused-ring (bicyclic) bond motifs is 4. The van der Waals surface area contributed by atoms with Crippen molar-refractivity contribution in [2.45, 2.75) is 0 Å². The Labute approximate surface area is 188 Å². The lowest BCUT2D eigenvalue weighted by Gasteiger charge is -2.17. The number of nitrogens with one attached hydrogen (secondary N) is 1. The van der Waals surface area contributed by atoms with Gasteiger partial charge >= 0.3 is 0 Å². The van der Waals surface area contributed by atoms with E-state index in [1.54, 1.807) is 42.5 Å². The second-order valence-corrected chi connectivity index (χ2v) is 7.82. The number of H-pyrrole nitrogens is 1. The van der Waals surface area contributed by atoms with Gasteiger partial charge in [-0.1, -0.05) is 72.3 Å². The van der Waals surface area contributed by atoms with E-state index in [4.69, 9.17) is 11.6 Å². The van der Waals surface area contributed by atoms with Gasteiger partial charge in [-0.3, -0.25) is 14.4 Å². The zero-order chi connectivity index (χ0) is 22.2. The molecule has 1 aromatic heterocycles. The monoisotopic (exact) mass is 437 g/mol. The Morgan fingerprint density at radius 2 is 1.03 bits per heavy atom. The van der Waals surface area contributed by atoms with Crippen LogP contribution in [0.3, 0.4) is 0 Å². The third kappa shape index (κ3) is 3.22. The first-order valence-electron chi connectivity index (χ1n) is 10.0. The first-order valence-corrected chi connectivity index (χ1v) is 10.4. The van der Waals surface area contributed by atoms with Gasteiger partial charge in [0.1, 0.15) is 0 Å². The van der Waals surface area contributed by atoms with E-state index in [2.05, 4.69) is 4.98 Å². The fourth-order valence-electron chi connectivity index (χ4n) is 3.97. The Morgan fingerprint density at radius 3 is 1.66 bits per heavy atom. The van der Waals surface area contributed by atoms with Crippen molar-refractivity contribution in [3.05, 3.63) is 128 Å². The molecule has 1 N–H and O–H groups in total. The van der Waals surface area contributed by atoms with Crippen LogP contribution in [0.25, 0.3) is 21.8 Å². The highest BCUT2D eigenvalue weighted by molar-refractivity contribution is 6.39. The number of ketones is 2.